The summed E-state index contributed by atoms with van der Waals surface area (Å²) in [6.07, 6.45) is 0.702. The monoisotopic (exact) mass is 448 g/mol. The molecular formula is C26H25ClN2O3. The first-order chi connectivity index (χ1) is 15.5. The van der Waals surface area contributed by atoms with E-state index in [0.717, 1.165) is 16.7 Å². The minimum Gasteiger partial charge on any atom is -0.483 e. The van der Waals surface area contributed by atoms with E-state index in [1.165, 1.54) is 0 Å². The van der Waals surface area contributed by atoms with Crippen LogP contribution in [0.1, 0.15) is 36.0 Å². The van der Waals surface area contributed by atoms with Gasteiger partial charge in [0.2, 0.25) is 5.91 Å². The number of rotatable bonds is 6. The van der Waals surface area contributed by atoms with Crippen molar-refractivity contribution in [1.82, 2.24) is 4.90 Å². The van der Waals surface area contributed by atoms with Gasteiger partial charge in [-0.1, -0.05) is 61.0 Å². The van der Waals surface area contributed by atoms with Gasteiger partial charge >= 0.3 is 0 Å². The summed E-state index contributed by atoms with van der Waals surface area (Å²) in [7, 11) is 0. The summed E-state index contributed by atoms with van der Waals surface area (Å²) in [5, 5.41) is 3.69. The van der Waals surface area contributed by atoms with Gasteiger partial charge in [0.1, 0.15) is 5.75 Å². The average Bonchev–Trinajstić information content (AvgIpc) is 2.95. The fourth-order valence-corrected chi connectivity index (χ4v) is 4.01. The van der Waals surface area contributed by atoms with Crippen LogP contribution in [-0.2, 0) is 22.7 Å². The molecule has 3 aromatic rings. The van der Waals surface area contributed by atoms with Gasteiger partial charge in [0.05, 0.1) is 5.92 Å². The fourth-order valence-electron chi connectivity index (χ4n) is 3.89. The number of hydrogen-bond donors (Lipinski definition) is 1. The number of carbonyl (C=O) groups is 2. The van der Waals surface area contributed by atoms with Gasteiger partial charge in [-0.3, -0.25) is 9.59 Å². The number of ether oxygens (including phenoxy) is 1. The van der Waals surface area contributed by atoms with Crippen molar-refractivity contribution in [2.75, 3.05) is 11.9 Å². The number of anilines is 1. The number of nitrogens with one attached hydrogen (secondary N) is 1. The van der Waals surface area contributed by atoms with E-state index < -0.39 is 0 Å². The maximum absolute atomic E-state index is 12.9. The number of hydrogen-bond acceptors (Lipinski definition) is 3. The summed E-state index contributed by atoms with van der Waals surface area (Å²) < 4.78 is 5.72. The summed E-state index contributed by atoms with van der Waals surface area (Å²) in [5.74, 6) is 0.290. The Labute approximate surface area is 193 Å². The molecule has 1 N–H and O–H groups in total. The second-order valence-electron chi connectivity index (χ2n) is 7.85. The van der Waals surface area contributed by atoms with E-state index >= 15 is 0 Å². The Morgan fingerprint density at radius 1 is 1.09 bits per heavy atom. The molecule has 164 valence electrons. The molecule has 6 heteroatoms. The van der Waals surface area contributed by atoms with Crippen molar-refractivity contribution in [2.45, 2.75) is 32.4 Å². The van der Waals surface area contributed by atoms with Crippen LogP contribution in [0, 0.1) is 0 Å². The molecule has 0 aromatic heterocycles. The number of carbonyl (C=O) groups excluding carboxylic acids is 2. The molecule has 1 heterocycles. The minimum atomic E-state index is -0.228. The number of benzene rings is 3. The molecule has 3 aromatic carbocycles. The smallest absolute Gasteiger partial charge is 0.261 e. The van der Waals surface area contributed by atoms with Gasteiger partial charge < -0.3 is 15.0 Å². The maximum Gasteiger partial charge on any atom is 0.261 e. The Kier molecular flexibility index (Phi) is 6.76. The van der Waals surface area contributed by atoms with Gasteiger partial charge in [-0.25, -0.2) is 0 Å². The Bertz CT molecular complexity index is 1100. The van der Waals surface area contributed by atoms with E-state index in [9.17, 15) is 9.59 Å². The summed E-state index contributed by atoms with van der Waals surface area (Å²) in [6, 6.07) is 22.7. The summed E-state index contributed by atoms with van der Waals surface area (Å²) in [5.41, 5.74) is 3.53. The zero-order valence-electron chi connectivity index (χ0n) is 17.9. The highest BCUT2D eigenvalue weighted by Gasteiger charge is 2.23. The summed E-state index contributed by atoms with van der Waals surface area (Å²) >= 11 is 5.97. The largest absolute Gasteiger partial charge is 0.483 e. The van der Waals surface area contributed by atoms with Crippen molar-refractivity contribution in [1.29, 1.82) is 0 Å². The number of fused-ring (bicyclic) bond motifs is 1. The lowest BCUT2D eigenvalue weighted by Crippen LogP contribution is -2.31. The molecular weight excluding hydrogens is 424 g/mol. The second-order valence-corrected chi connectivity index (χ2v) is 8.28. The van der Waals surface area contributed by atoms with Crippen LogP contribution in [0.15, 0.2) is 72.8 Å². The van der Waals surface area contributed by atoms with E-state index in [2.05, 4.69) is 5.32 Å². The number of amides is 2. The molecule has 1 atom stereocenters. The lowest BCUT2D eigenvalue weighted by Gasteiger charge is -2.20. The first-order valence-electron chi connectivity index (χ1n) is 10.7. The first kappa shape index (κ1) is 21.9. The van der Waals surface area contributed by atoms with Crippen molar-refractivity contribution in [3.8, 4) is 5.75 Å². The molecule has 1 aliphatic heterocycles. The molecule has 0 saturated heterocycles. The second kappa shape index (κ2) is 9.88. The van der Waals surface area contributed by atoms with Crippen LogP contribution in [0.4, 0.5) is 5.69 Å². The predicted octanol–water partition coefficient (Wildman–Crippen LogP) is 5.39. The van der Waals surface area contributed by atoms with Crippen LogP contribution >= 0.6 is 11.6 Å². The quantitative estimate of drug-likeness (QED) is 0.549. The van der Waals surface area contributed by atoms with Crippen molar-refractivity contribution in [3.63, 3.8) is 0 Å². The van der Waals surface area contributed by atoms with Crippen molar-refractivity contribution in [2.24, 2.45) is 0 Å². The first-order valence-corrected chi connectivity index (χ1v) is 11.0. The van der Waals surface area contributed by atoms with Crippen LogP contribution in [0.5, 0.6) is 5.75 Å². The van der Waals surface area contributed by atoms with Crippen LogP contribution < -0.4 is 10.1 Å². The third kappa shape index (κ3) is 5.11. The predicted molar refractivity (Wildman–Crippen MR) is 126 cm³/mol. The van der Waals surface area contributed by atoms with Gasteiger partial charge in [-0.2, -0.15) is 0 Å². The SMILES string of the molecule is CC[C@@H](C(=O)Nc1ccc2c(c1)CN(Cc1ccc(Cl)cc1)C(=O)CO2)c1ccccc1. The fraction of sp³-hybridized carbons (Fsp3) is 0.231. The average molecular weight is 449 g/mol. The zero-order chi connectivity index (χ0) is 22.5. The minimum absolute atomic E-state index is 0.0157. The van der Waals surface area contributed by atoms with Gasteiger partial charge in [0.15, 0.2) is 6.61 Å². The highest BCUT2D eigenvalue weighted by Crippen LogP contribution is 2.29. The molecule has 0 aliphatic carbocycles. The van der Waals surface area contributed by atoms with Gasteiger partial charge in [-0.15, -0.1) is 0 Å². The van der Waals surface area contributed by atoms with Crippen LogP contribution in [-0.4, -0.2) is 23.3 Å². The molecule has 0 radical (unpaired) electrons. The van der Waals surface area contributed by atoms with E-state index in [-0.39, 0.29) is 24.3 Å². The molecule has 0 saturated carbocycles. The Balaban J connectivity index is 1.51. The Hall–Kier alpha value is -3.31. The molecule has 1 aliphatic rings. The molecule has 4 rings (SSSR count). The molecule has 0 spiro atoms. The summed E-state index contributed by atoms with van der Waals surface area (Å²) in [4.78, 5) is 27.3. The lowest BCUT2D eigenvalue weighted by molar-refractivity contribution is -0.133. The maximum atomic E-state index is 12.9. The van der Waals surface area contributed by atoms with Crippen molar-refractivity contribution >= 4 is 29.1 Å². The Morgan fingerprint density at radius 3 is 2.56 bits per heavy atom. The van der Waals surface area contributed by atoms with Gasteiger partial charge in [0.25, 0.3) is 5.91 Å². The highest BCUT2D eigenvalue weighted by atomic mass is 35.5. The normalized spacial score (nSPS) is 14.2. The summed E-state index contributed by atoms with van der Waals surface area (Å²) in [6.45, 7) is 2.85. The molecule has 0 fully saturated rings. The third-order valence-corrected chi connectivity index (χ3v) is 5.86. The van der Waals surface area contributed by atoms with Crippen molar-refractivity contribution < 1.29 is 14.3 Å². The molecule has 0 bridgehead atoms. The van der Waals surface area contributed by atoms with Crippen molar-refractivity contribution in [3.05, 3.63) is 94.5 Å². The topological polar surface area (TPSA) is 58.6 Å². The van der Waals surface area contributed by atoms with E-state index in [1.807, 2.05) is 79.7 Å². The van der Waals surface area contributed by atoms with E-state index in [1.54, 1.807) is 4.90 Å². The van der Waals surface area contributed by atoms with Crippen LogP contribution in [0.2, 0.25) is 5.02 Å². The molecule has 0 unspecified atom stereocenters. The molecule has 2 amide bonds. The van der Waals surface area contributed by atoms with Gasteiger partial charge in [0, 0.05) is 29.4 Å². The highest BCUT2D eigenvalue weighted by molar-refractivity contribution is 6.30. The van der Waals surface area contributed by atoms with Crippen LogP contribution in [0.3, 0.4) is 0 Å². The van der Waals surface area contributed by atoms with Crippen LogP contribution in [0.25, 0.3) is 0 Å². The number of nitrogens with zero attached hydrogens (tertiary/aromatic N) is 1. The molecule has 32 heavy (non-hydrogen) atoms. The molecule has 5 nitrogen and oxygen atoms in total. The zero-order valence-corrected chi connectivity index (χ0v) is 18.6. The van der Waals surface area contributed by atoms with Gasteiger partial charge in [-0.05, 0) is 47.9 Å². The lowest BCUT2D eigenvalue weighted by atomic mass is 9.95. The standard InChI is InChI=1S/C26H25ClN2O3/c1-2-23(19-6-4-3-5-7-19)26(31)28-22-12-13-24-20(14-22)16-29(25(30)17-32-24)15-18-8-10-21(27)11-9-18/h3-14,23H,2,15-17H2,1H3,(H,28,31)/t23-/m1/s1. The Morgan fingerprint density at radius 2 is 1.84 bits per heavy atom. The third-order valence-electron chi connectivity index (χ3n) is 5.61. The number of halogens is 1. The van der Waals surface area contributed by atoms with E-state index in [4.69, 9.17) is 16.3 Å². The van der Waals surface area contributed by atoms with E-state index in [0.29, 0.717) is 36.0 Å².